The molecule has 0 aliphatic rings. The van der Waals surface area contributed by atoms with E-state index in [1.807, 2.05) is 31.2 Å². The lowest BCUT2D eigenvalue weighted by Crippen LogP contribution is -2.02. The van der Waals surface area contributed by atoms with E-state index in [-0.39, 0.29) is 17.7 Å². The fourth-order valence-corrected chi connectivity index (χ4v) is 3.00. The number of hydrogen-bond acceptors (Lipinski definition) is 3. The van der Waals surface area contributed by atoms with Gasteiger partial charge in [-0.05, 0) is 53.4 Å². The van der Waals surface area contributed by atoms with E-state index in [2.05, 4.69) is 0 Å². The first-order chi connectivity index (χ1) is 13.5. The fraction of sp³-hybridized carbons (Fsp3) is 0.130. The van der Waals surface area contributed by atoms with Crippen molar-refractivity contribution in [1.29, 1.82) is 0 Å². The summed E-state index contributed by atoms with van der Waals surface area (Å²) in [7, 11) is 0. The van der Waals surface area contributed by atoms with E-state index in [0.717, 1.165) is 28.7 Å². The molecule has 0 unspecified atom stereocenters. The topological polar surface area (TPSA) is 83.8 Å². The SMILES string of the molecule is CCc1ccccc1-c1cc(C(=O)O)ccc1OCc1ccc(C(=O)O)cc1. The van der Waals surface area contributed by atoms with Crippen LogP contribution in [0, 0.1) is 0 Å². The maximum Gasteiger partial charge on any atom is 0.335 e. The molecule has 3 rings (SSSR count). The smallest absolute Gasteiger partial charge is 0.335 e. The van der Waals surface area contributed by atoms with Gasteiger partial charge in [0.2, 0.25) is 0 Å². The predicted octanol–water partition coefficient (Wildman–Crippen LogP) is 4.89. The van der Waals surface area contributed by atoms with E-state index < -0.39 is 11.9 Å². The van der Waals surface area contributed by atoms with E-state index in [0.29, 0.717) is 5.75 Å². The van der Waals surface area contributed by atoms with Crippen LogP contribution >= 0.6 is 0 Å². The van der Waals surface area contributed by atoms with Gasteiger partial charge in [-0.2, -0.15) is 0 Å². The molecule has 0 heterocycles. The molecule has 3 aromatic rings. The molecule has 5 nitrogen and oxygen atoms in total. The number of benzene rings is 3. The fourth-order valence-electron chi connectivity index (χ4n) is 3.00. The Morgan fingerprint density at radius 1 is 0.821 bits per heavy atom. The molecule has 0 saturated heterocycles. The van der Waals surface area contributed by atoms with Crippen LogP contribution in [0.4, 0.5) is 0 Å². The van der Waals surface area contributed by atoms with Crippen molar-refractivity contribution < 1.29 is 24.5 Å². The van der Waals surface area contributed by atoms with E-state index in [1.54, 1.807) is 24.3 Å². The van der Waals surface area contributed by atoms with Crippen molar-refractivity contribution in [2.24, 2.45) is 0 Å². The Bertz CT molecular complexity index is 1010. The Morgan fingerprint density at radius 3 is 2.11 bits per heavy atom. The summed E-state index contributed by atoms with van der Waals surface area (Å²) in [6, 6.07) is 19.1. The summed E-state index contributed by atoms with van der Waals surface area (Å²) < 4.78 is 5.97. The van der Waals surface area contributed by atoms with Gasteiger partial charge in [0, 0.05) is 5.56 Å². The van der Waals surface area contributed by atoms with Gasteiger partial charge in [-0.1, -0.05) is 43.3 Å². The number of aromatic carboxylic acids is 2. The normalized spacial score (nSPS) is 10.5. The molecular weight excluding hydrogens is 356 g/mol. The minimum Gasteiger partial charge on any atom is -0.488 e. The van der Waals surface area contributed by atoms with Crippen molar-refractivity contribution in [1.82, 2.24) is 0 Å². The Morgan fingerprint density at radius 2 is 1.46 bits per heavy atom. The molecule has 0 aliphatic carbocycles. The van der Waals surface area contributed by atoms with Gasteiger partial charge >= 0.3 is 11.9 Å². The van der Waals surface area contributed by atoms with Gasteiger partial charge in [0.15, 0.2) is 0 Å². The molecule has 0 radical (unpaired) electrons. The van der Waals surface area contributed by atoms with Gasteiger partial charge in [0.1, 0.15) is 12.4 Å². The molecule has 0 atom stereocenters. The average molecular weight is 376 g/mol. The number of ether oxygens (including phenoxy) is 1. The first kappa shape index (κ1) is 19.2. The minimum atomic E-state index is -0.994. The van der Waals surface area contributed by atoms with E-state index in [9.17, 15) is 14.7 Å². The zero-order chi connectivity index (χ0) is 20.1. The average Bonchev–Trinajstić information content (AvgIpc) is 2.72. The molecular formula is C23H20O5. The van der Waals surface area contributed by atoms with Gasteiger partial charge in [0.25, 0.3) is 0 Å². The third kappa shape index (κ3) is 4.20. The monoisotopic (exact) mass is 376 g/mol. The van der Waals surface area contributed by atoms with Crippen molar-refractivity contribution in [2.45, 2.75) is 20.0 Å². The molecule has 0 aliphatic heterocycles. The Balaban J connectivity index is 1.94. The zero-order valence-electron chi connectivity index (χ0n) is 15.4. The minimum absolute atomic E-state index is 0.194. The number of carboxylic acids is 2. The molecule has 142 valence electrons. The third-order valence-electron chi connectivity index (χ3n) is 4.51. The largest absolute Gasteiger partial charge is 0.488 e. The highest BCUT2D eigenvalue weighted by atomic mass is 16.5. The van der Waals surface area contributed by atoms with Crippen LogP contribution in [0.5, 0.6) is 5.75 Å². The predicted molar refractivity (Wildman–Crippen MR) is 106 cm³/mol. The van der Waals surface area contributed by atoms with Gasteiger partial charge in [-0.3, -0.25) is 0 Å². The van der Waals surface area contributed by atoms with Gasteiger partial charge in [-0.25, -0.2) is 9.59 Å². The third-order valence-corrected chi connectivity index (χ3v) is 4.51. The summed E-state index contributed by atoms with van der Waals surface area (Å²) in [5.74, 6) is -1.39. The second-order valence-corrected chi connectivity index (χ2v) is 6.32. The molecule has 0 fully saturated rings. The Kier molecular flexibility index (Phi) is 5.75. The Hall–Kier alpha value is -3.60. The molecule has 0 amide bonds. The van der Waals surface area contributed by atoms with Crippen molar-refractivity contribution in [3.63, 3.8) is 0 Å². The van der Waals surface area contributed by atoms with Crippen molar-refractivity contribution in [2.75, 3.05) is 0 Å². The van der Waals surface area contributed by atoms with Crippen molar-refractivity contribution in [3.05, 3.63) is 89.0 Å². The Labute approximate surface area is 162 Å². The zero-order valence-corrected chi connectivity index (χ0v) is 15.4. The van der Waals surface area contributed by atoms with Crippen LogP contribution in [0.3, 0.4) is 0 Å². The van der Waals surface area contributed by atoms with Gasteiger partial charge < -0.3 is 14.9 Å². The summed E-state index contributed by atoms with van der Waals surface area (Å²) in [6.45, 7) is 2.29. The lowest BCUT2D eigenvalue weighted by atomic mass is 9.96. The van der Waals surface area contributed by atoms with Crippen LogP contribution in [0.1, 0.15) is 38.8 Å². The molecule has 5 heteroatoms. The summed E-state index contributed by atoms with van der Waals surface area (Å²) >= 11 is 0. The standard InChI is InChI=1S/C23H20O5/c1-2-16-5-3-4-6-19(16)20-13-18(23(26)27)11-12-21(20)28-14-15-7-9-17(10-8-15)22(24)25/h3-13H,2,14H2,1H3,(H,24,25)(H,26,27). The second kappa shape index (κ2) is 8.39. The van der Waals surface area contributed by atoms with Crippen LogP contribution in [-0.4, -0.2) is 22.2 Å². The van der Waals surface area contributed by atoms with E-state index >= 15 is 0 Å². The van der Waals surface area contributed by atoms with Gasteiger partial charge in [-0.15, -0.1) is 0 Å². The van der Waals surface area contributed by atoms with Crippen LogP contribution in [0.2, 0.25) is 0 Å². The summed E-state index contributed by atoms with van der Waals surface area (Å²) in [6.07, 6.45) is 0.809. The highest BCUT2D eigenvalue weighted by molar-refractivity contribution is 5.91. The van der Waals surface area contributed by atoms with Crippen LogP contribution in [0.25, 0.3) is 11.1 Å². The second-order valence-electron chi connectivity index (χ2n) is 6.32. The number of carboxylic acid groups (broad SMARTS) is 2. The summed E-state index contributed by atoms with van der Waals surface area (Å²) in [4.78, 5) is 22.4. The molecule has 2 N–H and O–H groups in total. The number of aryl methyl sites for hydroxylation is 1. The van der Waals surface area contributed by atoms with Crippen molar-refractivity contribution >= 4 is 11.9 Å². The quantitative estimate of drug-likeness (QED) is 0.613. The van der Waals surface area contributed by atoms with Crippen LogP contribution in [0.15, 0.2) is 66.7 Å². The van der Waals surface area contributed by atoms with E-state index in [4.69, 9.17) is 9.84 Å². The highest BCUT2D eigenvalue weighted by Crippen LogP contribution is 2.34. The summed E-state index contributed by atoms with van der Waals surface area (Å²) in [5.41, 5.74) is 3.98. The maximum absolute atomic E-state index is 11.4. The molecule has 3 aromatic carbocycles. The van der Waals surface area contributed by atoms with E-state index in [1.165, 1.54) is 18.2 Å². The maximum atomic E-state index is 11.4. The number of rotatable bonds is 7. The van der Waals surface area contributed by atoms with Crippen LogP contribution < -0.4 is 4.74 Å². The van der Waals surface area contributed by atoms with Crippen LogP contribution in [-0.2, 0) is 13.0 Å². The lowest BCUT2D eigenvalue weighted by Gasteiger charge is -2.15. The number of hydrogen-bond donors (Lipinski definition) is 2. The summed E-state index contributed by atoms with van der Waals surface area (Å²) in [5, 5.41) is 18.4. The first-order valence-electron chi connectivity index (χ1n) is 8.90. The molecule has 0 aromatic heterocycles. The number of carbonyl (C=O) groups is 2. The first-order valence-corrected chi connectivity index (χ1v) is 8.90. The van der Waals surface area contributed by atoms with Crippen molar-refractivity contribution in [3.8, 4) is 16.9 Å². The molecule has 28 heavy (non-hydrogen) atoms. The van der Waals surface area contributed by atoms with Gasteiger partial charge in [0.05, 0.1) is 11.1 Å². The molecule has 0 saturated carbocycles. The molecule has 0 spiro atoms. The molecule has 0 bridgehead atoms. The highest BCUT2D eigenvalue weighted by Gasteiger charge is 2.14. The lowest BCUT2D eigenvalue weighted by molar-refractivity contribution is 0.0686.